The standard InChI is InChI=1S/C8H12N2O3/c9-10-7(11)5-3-1-2-4-6(5)8(12)13/h1-2,5-6H,3-4,9H2,(H,10,11)(H,12,13). The second kappa shape index (κ2) is 4.04. The van der Waals surface area contributed by atoms with Crippen LogP contribution in [0.1, 0.15) is 12.8 Å². The molecule has 5 nitrogen and oxygen atoms in total. The van der Waals surface area contributed by atoms with Crippen LogP contribution in [0.4, 0.5) is 0 Å². The average Bonchev–Trinajstić information content (AvgIpc) is 2.16. The zero-order valence-electron chi connectivity index (χ0n) is 7.06. The molecule has 2 atom stereocenters. The molecule has 13 heavy (non-hydrogen) atoms. The molecule has 4 N–H and O–H groups in total. The summed E-state index contributed by atoms with van der Waals surface area (Å²) >= 11 is 0. The van der Waals surface area contributed by atoms with Gasteiger partial charge >= 0.3 is 5.97 Å². The van der Waals surface area contributed by atoms with E-state index in [1.54, 1.807) is 12.2 Å². The minimum atomic E-state index is -0.946. The summed E-state index contributed by atoms with van der Waals surface area (Å²) in [4.78, 5) is 21.9. The molecule has 0 aromatic heterocycles. The first-order chi connectivity index (χ1) is 6.16. The summed E-state index contributed by atoms with van der Waals surface area (Å²) in [5, 5.41) is 8.80. The Balaban J connectivity index is 2.75. The van der Waals surface area contributed by atoms with Crippen molar-refractivity contribution in [1.82, 2.24) is 5.43 Å². The predicted octanol–water partition coefficient (Wildman–Crippen LogP) is -0.357. The number of nitrogens with one attached hydrogen (secondary N) is 1. The number of hydrogen-bond donors (Lipinski definition) is 3. The Bertz CT molecular complexity index is 250. The van der Waals surface area contributed by atoms with Crippen LogP contribution in [0.2, 0.25) is 0 Å². The molecule has 0 saturated heterocycles. The van der Waals surface area contributed by atoms with Crippen molar-refractivity contribution >= 4 is 11.9 Å². The van der Waals surface area contributed by atoms with Gasteiger partial charge in [-0.15, -0.1) is 0 Å². The summed E-state index contributed by atoms with van der Waals surface area (Å²) in [5.74, 6) is 2.42. The Hall–Kier alpha value is -1.36. The highest BCUT2D eigenvalue weighted by Crippen LogP contribution is 2.25. The Labute approximate surface area is 75.6 Å². The number of carboxylic acid groups (broad SMARTS) is 1. The SMILES string of the molecule is NNC(=O)C1CC=CCC1C(=O)O. The molecule has 0 spiro atoms. The van der Waals surface area contributed by atoms with Gasteiger partial charge in [0, 0.05) is 0 Å². The zero-order valence-corrected chi connectivity index (χ0v) is 7.06. The maximum absolute atomic E-state index is 11.1. The van der Waals surface area contributed by atoms with E-state index in [2.05, 4.69) is 0 Å². The molecule has 0 saturated carbocycles. The number of hydrazine groups is 1. The molecule has 0 heterocycles. The van der Waals surface area contributed by atoms with Crippen LogP contribution < -0.4 is 11.3 Å². The van der Waals surface area contributed by atoms with E-state index in [0.717, 1.165) is 0 Å². The van der Waals surface area contributed by atoms with Crippen molar-refractivity contribution in [3.63, 3.8) is 0 Å². The molecule has 1 aliphatic carbocycles. The van der Waals surface area contributed by atoms with Gasteiger partial charge in [-0.3, -0.25) is 15.0 Å². The molecule has 0 aliphatic heterocycles. The van der Waals surface area contributed by atoms with E-state index in [-0.39, 0.29) is 0 Å². The number of amides is 1. The van der Waals surface area contributed by atoms with Gasteiger partial charge in [0.2, 0.25) is 5.91 Å². The van der Waals surface area contributed by atoms with Gasteiger partial charge in [0.25, 0.3) is 0 Å². The molecule has 0 aromatic carbocycles. The Kier molecular flexibility index (Phi) is 3.02. The number of allylic oxidation sites excluding steroid dienone is 2. The smallest absolute Gasteiger partial charge is 0.307 e. The van der Waals surface area contributed by atoms with Gasteiger partial charge in [-0.05, 0) is 12.8 Å². The fourth-order valence-electron chi connectivity index (χ4n) is 1.48. The molecular formula is C8H12N2O3. The second-order valence-electron chi connectivity index (χ2n) is 3.00. The molecule has 2 unspecified atom stereocenters. The van der Waals surface area contributed by atoms with Crippen molar-refractivity contribution in [1.29, 1.82) is 0 Å². The van der Waals surface area contributed by atoms with Crippen LogP contribution in [0.15, 0.2) is 12.2 Å². The first-order valence-corrected chi connectivity index (χ1v) is 4.05. The Morgan fingerprint density at radius 1 is 1.31 bits per heavy atom. The molecule has 1 aliphatic rings. The molecule has 0 fully saturated rings. The van der Waals surface area contributed by atoms with E-state index in [0.29, 0.717) is 12.8 Å². The fraction of sp³-hybridized carbons (Fsp3) is 0.500. The summed E-state index contributed by atoms with van der Waals surface area (Å²) < 4.78 is 0. The molecule has 1 rings (SSSR count). The van der Waals surface area contributed by atoms with Gasteiger partial charge < -0.3 is 5.11 Å². The summed E-state index contributed by atoms with van der Waals surface area (Å²) in [6, 6.07) is 0. The van der Waals surface area contributed by atoms with Crippen molar-refractivity contribution < 1.29 is 14.7 Å². The van der Waals surface area contributed by atoms with E-state index >= 15 is 0 Å². The molecule has 0 radical (unpaired) electrons. The molecule has 5 heteroatoms. The molecule has 0 aromatic rings. The normalized spacial score (nSPS) is 26.8. The van der Waals surface area contributed by atoms with E-state index in [1.807, 2.05) is 5.43 Å². The highest BCUT2D eigenvalue weighted by Gasteiger charge is 2.33. The number of hydrogen-bond acceptors (Lipinski definition) is 3. The third-order valence-corrected chi connectivity index (χ3v) is 2.23. The van der Waals surface area contributed by atoms with Crippen molar-refractivity contribution in [3.8, 4) is 0 Å². The largest absolute Gasteiger partial charge is 0.481 e. The summed E-state index contributed by atoms with van der Waals surface area (Å²) in [6.45, 7) is 0. The number of aliphatic carboxylic acids is 1. The lowest BCUT2D eigenvalue weighted by atomic mass is 9.82. The maximum atomic E-state index is 11.1. The number of carbonyl (C=O) groups excluding carboxylic acids is 1. The second-order valence-corrected chi connectivity index (χ2v) is 3.00. The van der Waals surface area contributed by atoms with Gasteiger partial charge in [0.15, 0.2) is 0 Å². The third kappa shape index (κ3) is 2.06. The predicted molar refractivity (Wildman–Crippen MR) is 45.3 cm³/mol. The summed E-state index contributed by atoms with van der Waals surface area (Å²) in [6.07, 6.45) is 4.42. The van der Waals surface area contributed by atoms with Crippen LogP contribution in [0.5, 0.6) is 0 Å². The minimum absolute atomic E-state index is 0.396. The average molecular weight is 184 g/mol. The van der Waals surface area contributed by atoms with Gasteiger partial charge in [-0.1, -0.05) is 12.2 Å². The third-order valence-electron chi connectivity index (χ3n) is 2.23. The van der Waals surface area contributed by atoms with Crippen LogP contribution in [-0.2, 0) is 9.59 Å². The van der Waals surface area contributed by atoms with Crippen LogP contribution in [0.3, 0.4) is 0 Å². The molecule has 1 amide bonds. The Morgan fingerprint density at radius 2 is 1.85 bits per heavy atom. The highest BCUT2D eigenvalue weighted by atomic mass is 16.4. The minimum Gasteiger partial charge on any atom is -0.481 e. The van der Waals surface area contributed by atoms with E-state index in [4.69, 9.17) is 10.9 Å². The summed E-state index contributed by atoms with van der Waals surface area (Å²) in [7, 11) is 0. The van der Waals surface area contributed by atoms with Gasteiger partial charge in [0.05, 0.1) is 11.8 Å². The van der Waals surface area contributed by atoms with E-state index in [9.17, 15) is 9.59 Å². The molecular weight excluding hydrogens is 172 g/mol. The van der Waals surface area contributed by atoms with Gasteiger partial charge in [-0.2, -0.15) is 0 Å². The lowest BCUT2D eigenvalue weighted by Crippen LogP contribution is -2.41. The molecule has 0 bridgehead atoms. The zero-order chi connectivity index (χ0) is 9.84. The van der Waals surface area contributed by atoms with Crippen LogP contribution in [0.25, 0.3) is 0 Å². The van der Waals surface area contributed by atoms with Gasteiger partial charge in [-0.25, -0.2) is 5.84 Å². The molecule has 72 valence electrons. The van der Waals surface area contributed by atoms with Crippen LogP contribution in [-0.4, -0.2) is 17.0 Å². The van der Waals surface area contributed by atoms with Crippen LogP contribution >= 0.6 is 0 Å². The first-order valence-electron chi connectivity index (χ1n) is 4.05. The van der Waals surface area contributed by atoms with Gasteiger partial charge in [0.1, 0.15) is 0 Å². The van der Waals surface area contributed by atoms with Crippen molar-refractivity contribution in [3.05, 3.63) is 12.2 Å². The van der Waals surface area contributed by atoms with E-state index < -0.39 is 23.7 Å². The number of carbonyl (C=O) groups is 2. The van der Waals surface area contributed by atoms with Crippen molar-refractivity contribution in [2.45, 2.75) is 12.8 Å². The lowest BCUT2D eigenvalue weighted by Gasteiger charge is -2.22. The fourth-order valence-corrected chi connectivity index (χ4v) is 1.48. The topological polar surface area (TPSA) is 92.4 Å². The quantitative estimate of drug-likeness (QED) is 0.236. The summed E-state index contributed by atoms with van der Waals surface area (Å²) in [5.41, 5.74) is 1.98. The van der Waals surface area contributed by atoms with Crippen molar-refractivity contribution in [2.24, 2.45) is 17.7 Å². The first kappa shape index (κ1) is 9.73. The Morgan fingerprint density at radius 3 is 2.31 bits per heavy atom. The van der Waals surface area contributed by atoms with E-state index in [1.165, 1.54) is 0 Å². The van der Waals surface area contributed by atoms with Crippen LogP contribution in [0, 0.1) is 11.8 Å². The highest BCUT2D eigenvalue weighted by molar-refractivity contribution is 5.84. The maximum Gasteiger partial charge on any atom is 0.307 e. The monoisotopic (exact) mass is 184 g/mol. The lowest BCUT2D eigenvalue weighted by molar-refractivity contribution is -0.147. The number of carboxylic acids is 1. The van der Waals surface area contributed by atoms with Crippen molar-refractivity contribution in [2.75, 3.05) is 0 Å². The number of rotatable bonds is 2. The number of nitrogens with two attached hydrogens (primary N) is 1.